The van der Waals surface area contributed by atoms with Crippen molar-refractivity contribution in [1.29, 1.82) is 0 Å². The van der Waals surface area contributed by atoms with E-state index in [2.05, 4.69) is 42.8 Å². The Hall–Kier alpha value is -1.52. The summed E-state index contributed by atoms with van der Waals surface area (Å²) in [4.78, 5) is 0. The zero-order chi connectivity index (χ0) is 16.1. The van der Waals surface area contributed by atoms with Crippen molar-refractivity contribution in [3.63, 3.8) is 0 Å². The Morgan fingerprint density at radius 3 is 2.59 bits per heavy atom. The molecule has 0 bridgehead atoms. The number of methoxy groups -OCH3 is 2. The summed E-state index contributed by atoms with van der Waals surface area (Å²) in [5, 5.41) is 1.24. The van der Waals surface area contributed by atoms with Crippen LogP contribution in [0.3, 0.4) is 0 Å². The fourth-order valence-corrected chi connectivity index (χ4v) is 2.75. The quantitative estimate of drug-likeness (QED) is 0.762. The van der Waals surface area contributed by atoms with Gasteiger partial charge in [0.2, 0.25) is 0 Å². The number of aryl methyl sites for hydroxylation is 1. The van der Waals surface area contributed by atoms with Gasteiger partial charge in [-0.05, 0) is 36.5 Å². The van der Waals surface area contributed by atoms with Crippen LogP contribution in [0.4, 0.5) is 0 Å². The van der Waals surface area contributed by atoms with Crippen molar-refractivity contribution in [2.24, 2.45) is 11.7 Å². The zero-order valence-electron chi connectivity index (χ0n) is 14.1. The molecule has 1 aromatic carbocycles. The maximum absolute atomic E-state index is 6.26. The van der Waals surface area contributed by atoms with E-state index in [1.807, 2.05) is 0 Å². The molecule has 1 atom stereocenters. The second-order valence-electron chi connectivity index (χ2n) is 6.16. The van der Waals surface area contributed by atoms with Crippen LogP contribution in [0.2, 0.25) is 0 Å². The Kier molecular flexibility index (Phi) is 5.86. The second-order valence-corrected chi connectivity index (χ2v) is 6.16. The Labute approximate surface area is 133 Å². The van der Waals surface area contributed by atoms with Gasteiger partial charge in [-0.25, -0.2) is 0 Å². The van der Waals surface area contributed by atoms with Crippen molar-refractivity contribution >= 4 is 10.9 Å². The number of nitrogens with two attached hydrogens (primary N) is 1. The summed E-state index contributed by atoms with van der Waals surface area (Å²) in [7, 11) is 3.46. The molecule has 0 saturated carbocycles. The van der Waals surface area contributed by atoms with E-state index < -0.39 is 0 Å². The lowest BCUT2D eigenvalue weighted by molar-refractivity contribution is 0.190. The molecule has 0 radical (unpaired) electrons. The topological polar surface area (TPSA) is 49.4 Å². The molecule has 2 rings (SSSR count). The molecule has 1 unspecified atom stereocenters. The fourth-order valence-electron chi connectivity index (χ4n) is 2.75. The van der Waals surface area contributed by atoms with E-state index in [9.17, 15) is 0 Å². The number of benzene rings is 1. The molecule has 122 valence electrons. The van der Waals surface area contributed by atoms with Gasteiger partial charge < -0.3 is 19.8 Å². The molecule has 0 fully saturated rings. The van der Waals surface area contributed by atoms with Crippen LogP contribution in [0.1, 0.15) is 25.8 Å². The summed E-state index contributed by atoms with van der Waals surface area (Å²) in [6.07, 6.45) is 4.01. The molecule has 4 nitrogen and oxygen atoms in total. The van der Waals surface area contributed by atoms with Gasteiger partial charge in [-0.2, -0.15) is 0 Å². The van der Waals surface area contributed by atoms with E-state index in [-0.39, 0.29) is 6.04 Å². The molecule has 1 heterocycles. The van der Waals surface area contributed by atoms with E-state index in [4.69, 9.17) is 15.2 Å². The summed E-state index contributed by atoms with van der Waals surface area (Å²) in [5.74, 6) is 1.39. The molecule has 2 N–H and O–H groups in total. The molecule has 0 saturated heterocycles. The number of nitrogens with zero attached hydrogens (tertiary/aromatic N) is 1. The van der Waals surface area contributed by atoms with Gasteiger partial charge in [0, 0.05) is 37.9 Å². The van der Waals surface area contributed by atoms with Crippen molar-refractivity contribution in [2.75, 3.05) is 20.8 Å². The second kappa shape index (κ2) is 7.65. The predicted octanol–water partition coefficient (Wildman–Crippen LogP) is 3.21. The van der Waals surface area contributed by atoms with E-state index in [1.54, 1.807) is 14.2 Å². The lowest BCUT2D eigenvalue weighted by Gasteiger charge is -2.17. The van der Waals surface area contributed by atoms with E-state index in [0.717, 1.165) is 37.3 Å². The summed E-state index contributed by atoms with van der Waals surface area (Å²) in [6, 6.07) is 6.54. The molecule has 0 aliphatic heterocycles. The van der Waals surface area contributed by atoms with Crippen LogP contribution in [-0.2, 0) is 17.7 Å². The average Bonchev–Trinajstić information content (AvgIpc) is 2.92. The molecular formula is C18H28N2O2. The normalized spacial score (nSPS) is 13.0. The van der Waals surface area contributed by atoms with E-state index >= 15 is 0 Å². The number of fused-ring (bicyclic) bond motifs is 1. The Morgan fingerprint density at radius 1 is 1.18 bits per heavy atom. The van der Waals surface area contributed by atoms with Gasteiger partial charge in [0.25, 0.3) is 0 Å². The third-order valence-electron chi connectivity index (χ3n) is 4.26. The highest BCUT2D eigenvalue weighted by atomic mass is 16.5. The van der Waals surface area contributed by atoms with Gasteiger partial charge in [0.1, 0.15) is 5.75 Å². The number of hydrogen-bond donors (Lipinski definition) is 1. The third-order valence-corrected chi connectivity index (χ3v) is 4.26. The number of rotatable bonds is 8. The van der Waals surface area contributed by atoms with Crippen LogP contribution >= 0.6 is 0 Å². The minimum Gasteiger partial charge on any atom is -0.495 e. The first-order chi connectivity index (χ1) is 10.6. The summed E-state index contributed by atoms with van der Waals surface area (Å²) < 4.78 is 13.0. The molecule has 1 aromatic heterocycles. The average molecular weight is 304 g/mol. The monoisotopic (exact) mass is 304 g/mol. The van der Waals surface area contributed by atoms with Crippen LogP contribution in [0.5, 0.6) is 5.75 Å². The molecule has 0 amide bonds. The summed E-state index contributed by atoms with van der Waals surface area (Å²) in [6.45, 7) is 6.02. The van der Waals surface area contributed by atoms with Crippen molar-refractivity contribution in [2.45, 2.75) is 39.3 Å². The smallest absolute Gasteiger partial charge is 0.143 e. The maximum atomic E-state index is 6.26. The van der Waals surface area contributed by atoms with E-state index in [1.165, 1.54) is 10.9 Å². The fraction of sp³-hybridized carbons (Fsp3) is 0.556. The van der Waals surface area contributed by atoms with Crippen molar-refractivity contribution in [3.05, 3.63) is 30.0 Å². The highest BCUT2D eigenvalue weighted by Crippen LogP contribution is 2.31. The van der Waals surface area contributed by atoms with Gasteiger partial charge in [-0.15, -0.1) is 0 Å². The first-order valence-electron chi connectivity index (χ1n) is 7.97. The SMILES string of the molecule is COCCCn1ccc2c(CC(N)C(C)C)ccc(OC)c21. The van der Waals surface area contributed by atoms with Crippen molar-refractivity contribution in [1.82, 2.24) is 4.57 Å². The summed E-state index contributed by atoms with van der Waals surface area (Å²) >= 11 is 0. The first kappa shape index (κ1) is 16.8. The van der Waals surface area contributed by atoms with Crippen molar-refractivity contribution < 1.29 is 9.47 Å². The lowest BCUT2D eigenvalue weighted by Crippen LogP contribution is -2.28. The molecular weight excluding hydrogens is 276 g/mol. The Balaban J connectivity index is 2.36. The van der Waals surface area contributed by atoms with Crippen LogP contribution in [-0.4, -0.2) is 31.4 Å². The minimum absolute atomic E-state index is 0.174. The van der Waals surface area contributed by atoms with Gasteiger partial charge >= 0.3 is 0 Å². The van der Waals surface area contributed by atoms with Gasteiger partial charge in [0.05, 0.1) is 12.6 Å². The highest BCUT2D eigenvalue weighted by Gasteiger charge is 2.15. The number of aromatic nitrogens is 1. The molecule has 0 aliphatic carbocycles. The van der Waals surface area contributed by atoms with Crippen LogP contribution in [0.15, 0.2) is 24.4 Å². The number of ether oxygens (including phenoxy) is 2. The summed E-state index contributed by atoms with van der Waals surface area (Å²) in [5.41, 5.74) is 8.71. The molecule has 0 spiro atoms. The third kappa shape index (κ3) is 3.62. The zero-order valence-corrected chi connectivity index (χ0v) is 14.1. The van der Waals surface area contributed by atoms with Gasteiger partial charge in [-0.1, -0.05) is 19.9 Å². The number of hydrogen-bond acceptors (Lipinski definition) is 3. The van der Waals surface area contributed by atoms with Crippen LogP contribution in [0, 0.1) is 5.92 Å². The van der Waals surface area contributed by atoms with Crippen LogP contribution in [0.25, 0.3) is 10.9 Å². The maximum Gasteiger partial charge on any atom is 0.143 e. The van der Waals surface area contributed by atoms with Gasteiger partial charge in [0.15, 0.2) is 0 Å². The molecule has 22 heavy (non-hydrogen) atoms. The van der Waals surface area contributed by atoms with Gasteiger partial charge in [-0.3, -0.25) is 0 Å². The van der Waals surface area contributed by atoms with Crippen molar-refractivity contribution in [3.8, 4) is 5.75 Å². The predicted molar refractivity (Wildman–Crippen MR) is 91.5 cm³/mol. The largest absolute Gasteiger partial charge is 0.495 e. The Bertz CT molecular complexity index is 604. The minimum atomic E-state index is 0.174. The first-order valence-corrected chi connectivity index (χ1v) is 7.97. The van der Waals surface area contributed by atoms with Crippen LogP contribution < -0.4 is 10.5 Å². The molecule has 4 heteroatoms. The molecule has 0 aliphatic rings. The lowest BCUT2D eigenvalue weighted by atomic mass is 9.95. The Morgan fingerprint density at radius 2 is 1.95 bits per heavy atom. The van der Waals surface area contributed by atoms with E-state index in [0.29, 0.717) is 5.92 Å². The molecule has 2 aromatic rings. The highest BCUT2D eigenvalue weighted by molar-refractivity contribution is 5.89. The standard InChI is InChI=1S/C18H28N2O2/c1-13(2)16(19)12-14-6-7-17(22-4)18-15(14)8-10-20(18)9-5-11-21-3/h6-8,10,13,16H,5,9,11-12,19H2,1-4H3.